The highest BCUT2D eigenvalue weighted by molar-refractivity contribution is 9.10. The van der Waals surface area contributed by atoms with E-state index in [-0.39, 0.29) is 18.1 Å². The van der Waals surface area contributed by atoms with Crippen LogP contribution in [-0.4, -0.2) is 35.2 Å². The van der Waals surface area contributed by atoms with E-state index in [1.807, 2.05) is 127 Å². The number of sulfonamides is 2. The van der Waals surface area contributed by atoms with Gasteiger partial charge in [-0.25, -0.2) is 16.8 Å². The van der Waals surface area contributed by atoms with Gasteiger partial charge in [-0.15, -0.1) is 0 Å². The maximum atomic E-state index is 13.8. The molecule has 0 spiro atoms. The van der Waals surface area contributed by atoms with Crippen molar-refractivity contribution in [2.75, 3.05) is 17.4 Å². The molecule has 0 aromatic heterocycles. The SMILES string of the molecule is CS(=O)(=O)/N=C(\Cc1ccccc1)N(/C([N-]S(C)(=O)=O)=C(\c1ccccc1)[P+](c1ccccc1)(c1ccccc1)c1ccccc1)c1ccc(Br)cc1. The van der Waals surface area contributed by atoms with E-state index in [1.165, 1.54) is 0 Å². The Morgan fingerprint density at radius 3 is 1.43 bits per heavy atom. The molecule has 0 amide bonds. The molecule has 11 heteroatoms. The highest BCUT2D eigenvalue weighted by Crippen LogP contribution is 2.68. The molecule has 0 saturated carbocycles. The maximum absolute atomic E-state index is 13.8. The molecule has 53 heavy (non-hydrogen) atoms. The van der Waals surface area contributed by atoms with Gasteiger partial charge in [-0.3, -0.25) is 0 Å². The predicted octanol–water partition coefficient (Wildman–Crippen LogP) is 8.51. The third-order valence-corrected chi connectivity index (χ3v) is 14.2. The summed E-state index contributed by atoms with van der Waals surface area (Å²) in [6, 6.07) is 56.3. The molecule has 0 bridgehead atoms. The van der Waals surface area contributed by atoms with Gasteiger partial charge >= 0.3 is 0 Å². The van der Waals surface area contributed by atoms with Gasteiger partial charge in [0.15, 0.2) is 10.0 Å². The lowest BCUT2D eigenvalue weighted by atomic mass is 10.1. The molecule has 0 radical (unpaired) electrons. The lowest BCUT2D eigenvalue weighted by molar-refractivity contribution is 0.603. The number of anilines is 1. The van der Waals surface area contributed by atoms with Crippen molar-refractivity contribution in [3.8, 4) is 0 Å². The Hall–Kier alpha value is -4.86. The number of amidine groups is 1. The molecule has 0 N–H and O–H groups in total. The number of benzene rings is 6. The zero-order valence-corrected chi connectivity index (χ0v) is 33.2. The van der Waals surface area contributed by atoms with E-state index in [4.69, 9.17) is 0 Å². The van der Waals surface area contributed by atoms with Crippen molar-refractivity contribution in [2.45, 2.75) is 6.42 Å². The second kappa shape index (κ2) is 16.4. The molecule has 0 fully saturated rings. The Balaban J connectivity index is 1.91. The quantitative estimate of drug-likeness (QED) is 0.0701. The van der Waals surface area contributed by atoms with E-state index in [1.54, 1.807) is 17.0 Å². The molecule has 0 aliphatic rings. The first-order valence-electron chi connectivity index (χ1n) is 16.6. The topological polar surface area (TPSA) is 98.0 Å². The summed E-state index contributed by atoms with van der Waals surface area (Å²) in [4.78, 5) is 1.60. The number of halogens is 1. The van der Waals surface area contributed by atoms with Gasteiger partial charge in [-0.2, -0.15) is 4.40 Å². The zero-order chi connectivity index (χ0) is 37.5. The minimum absolute atomic E-state index is 0.0317. The summed E-state index contributed by atoms with van der Waals surface area (Å²) in [7, 11) is -11.3. The third kappa shape index (κ3) is 9.03. The summed E-state index contributed by atoms with van der Waals surface area (Å²) in [5.74, 6) is 0.105. The average molecular weight is 823 g/mol. The van der Waals surface area contributed by atoms with Crippen LogP contribution in [0.25, 0.3) is 10.0 Å². The second-order valence-electron chi connectivity index (χ2n) is 12.3. The molecule has 0 heterocycles. The molecular weight excluding hydrogens is 785 g/mol. The molecule has 6 rings (SSSR count). The van der Waals surface area contributed by atoms with Crippen LogP contribution in [0.3, 0.4) is 0 Å². The first-order chi connectivity index (χ1) is 25.5. The van der Waals surface area contributed by atoms with Crippen molar-refractivity contribution in [2.24, 2.45) is 4.40 Å². The fourth-order valence-corrected chi connectivity index (χ4v) is 12.2. The summed E-state index contributed by atoms with van der Waals surface area (Å²) in [5.41, 5.74) is 1.95. The molecule has 0 aliphatic carbocycles. The van der Waals surface area contributed by atoms with Gasteiger partial charge in [0.1, 0.15) is 28.5 Å². The van der Waals surface area contributed by atoms with Gasteiger partial charge in [-0.1, -0.05) is 143 Å². The third-order valence-electron chi connectivity index (χ3n) is 8.31. The van der Waals surface area contributed by atoms with E-state index in [9.17, 15) is 16.8 Å². The molecular formula is C42H37BrN3O4PS2. The van der Waals surface area contributed by atoms with E-state index in [2.05, 4.69) is 61.4 Å². The molecule has 0 saturated heterocycles. The molecule has 268 valence electrons. The molecule has 6 aromatic carbocycles. The monoisotopic (exact) mass is 821 g/mol. The van der Waals surface area contributed by atoms with Crippen LogP contribution < -0.4 is 20.8 Å². The molecule has 0 unspecified atom stereocenters. The van der Waals surface area contributed by atoms with Crippen LogP contribution in [-0.2, 0) is 26.5 Å². The molecule has 7 nitrogen and oxygen atoms in total. The second-order valence-corrected chi connectivity index (χ2v) is 19.8. The summed E-state index contributed by atoms with van der Waals surface area (Å²) < 4.78 is 63.9. The van der Waals surface area contributed by atoms with Crippen LogP contribution in [0.1, 0.15) is 11.1 Å². The van der Waals surface area contributed by atoms with E-state index >= 15 is 0 Å². The normalized spacial score (nSPS) is 12.8. The zero-order valence-electron chi connectivity index (χ0n) is 29.1. The van der Waals surface area contributed by atoms with Crippen LogP contribution in [0.5, 0.6) is 0 Å². The Bertz CT molecular complexity index is 2340. The maximum Gasteiger partial charge on any atom is 0.250 e. The highest BCUT2D eigenvalue weighted by Gasteiger charge is 2.51. The molecule has 6 aromatic rings. The Morgan fingerprint density at radius 2 is 1.02 bits per heavy atom. The van der Waals surface area contributed by atoms with Gasteiger partial charge in [0.2, 0.25) is 10.0 Å². The fourth-order valence-electron chi connectivity index (χ4n) is 6.31. The van der Waals surface area contributed by atoms with Crippen molar-refractivity contribution < 1.29 is 16.8 Å². The number of hydrogen-bond acceptors (Lipinski definition) is 4. The van der Waals surface area contributed by atoms with Gasteiger partial charge < -0.3 is 9.62 Å². The standard InChI is InChI=1S/C42H37BrN3O4PS2/c1-52(47,48)44-40(32-33-18-8-3-9-19-33)46(36-30-28-35(43)29-31-36)42(45-53(2,49)50)41(34-20-10-4-11-21-34)51(37-22-12-5-13-23-37,38-24-14-6-15-25-38)39-26-16-7-17-27-39/h3-31H,32H2,1-2H3/b42-41+,44-40+. The van der Waals surface area contributed by atoms with Crippen LogP contribution >= 0.6 is 23.2 Å². The van der Waals surface area contributed by atoms with Crippen molar-refractivity contribution in [1.29, 1.82) is 0 Å². The number of rotatable bonds is 12. The minimum Gasteiger partial charge on any atom is -0.400 e. The van der Waals surface area contributed by atoms with Crippen molar-refractivity contribution >= 4 is 76.0 Å². The van der Waals surface area contributed by atoms with E-state index in [0.717, 1.165) is 38.5 Å². The Kier molecular flexibility index (Phi) is 11.7. The molecule has 0 atom stereocenters. The summed E-state index contributed by atoms with van der Waals surface area (Å²) >= 11 is 3.54. The molecule has 0 aliphatic heterocycles. The summed E-state index contributed by atoms with van der Waals surface area (Å²) in [6.07, 6.45) is 2.12. The van der Waals surface area contributed by atoms with Crippen molar-refractivity contribution in [1.82, 2.24) is 0 Å². The van der Waals surface area contributed by atoms with Gasteiger partial charge in [-0.05, 0) is 59.8 Å². The lowest BCUT2D eigenvalue weighted by Crippen LogP contribution is -2.37. The van der Waals surface area contributed by atoms with Crippen LogP contribution in [0.2, 0.25) is 0 Å². The first-order valence-corrected chi connectivity index (χ1v) is 22.9. The summed E-state index contributed by atoms with van der Waals surface area (Å²) in [5, 5.41) is 3.43. The van der Waals surface area contributed by atoms with E-state index in [0.29, 0.717) is 16.6 Å². The highest BCUT2D eigenvalue weighted by atomic mass is 79.9. The van der Waals surface area contributed by atoms with Gasteiger partial charge in [0, 0.05) is 34.4 Å². The van der Waals surface area contributed by atoms with Crippen molar-refractivity contribution in [3.63, 3.8) is 0 Å². The largest absolute Gasteiger partial charge is 0.400 e. The number of hydrogen-bond donors (Lipinski definition) is 0. The van der Waals surface area contributed by atoms with Gasteiger partial charge in [0.05, 0.1) is 6.26 Å². The van der Waals surface area contributed by atoms with Crippen LogP contribution in [0.15, 0.2) is 191 Å². The minimum atomic E-state index is -4.16. The lowest BCUT2D eigenvalue weighted by Gasteiger charge is -2.42. The first kappa shape index (κ1) is 37.9. The van der Waals surface area contributed by atoms with Gasteiger partial charge in [0.25, 0.3) is 0 Å². The number of nitrogens with zero attached hydrogens (tertiary/aromatic N) is 3. The Labute approximate surface area is 321 Å². The summed E-state index contributed by atoms with van der Waals surface area (Å²) in [6.45, 7) is 0. The van der Waals surface area contributed by atoms with Crippen LogP contribution in [0, 0.1) is 0 Å². The van der Waals surface area contributed by atoms with Crippen LogP contribution in [0.4, 0.5) is 5.69 Å². The Morgan fingerprint density at radius 1 is 0.604 bits per heavy atom. The smallest absolute Gasteiger partial charge is 0.250 e. The van der Waals surface area contributed by atoms with E-state index < -0.39 is 27.3 Å². The predicted molar refractivity (Wildman–Crippen MR) is 226 cm³/mol. The average Bonchev–Trinajstić information content (AvgIpc) is 3.15. The van der Waals surface area contributed by atoms with Crippen molar-refractivity contribution in [3.05, 3.63) is 202 Å². The fraction of sp³-hybridized carbons (Fsp3) is 0.0714.